The third kappa shape index (κ3) is 7.00. The topological polar surface area (TPSA) is 227 Å². The zero-order valence-electron chi connectivity index (χ0n) is 46.1. The zero-order chi connectivity index (χ0) is 55.7. The van der Waals surface area contributed by atoms with Gasteiger partial charge >= 0.3 is 17.9 Å². The van der Waals surface area contributed by atoms with Crippen molar-refractivity contribution in [3.8, 4) is 92.0 Å². The number of rotatable bonds is 7. The van der Waals surface area contributed by atoms with Crippen molar-refractivity contribution in [1.29, 1.82) is 0 Å². The fraction of sp³-hybridized carbons (Fsp3) is 0.509. The van der Waals surface area contributed by atoms with Gasteiger partial charge in [0.05, 0.1) is 43.6 Å². The van der Waals surface area contributed by atoms with Gasteiger partial charge in [-0.1, -0.05) is 0 Å². The second-order valence-corrected chi connectivity index (χ2v) is 23.2. The Bertz CT molecular complexity index is 2950. The van der Waals surface area contributed by atoms with E-state index in [1.54, 1.807) is 117 Å². The van der Waals surface area contributed by atoms with E-state index in [0.717, 1.165) is 0 Å². The smallest absolute Gasteiger partial charge is 0.345 e. The molecule has 0 N–H and O–H groups in total. The van der Waals surface area contributed by atoms with E-state index < -0.39 is 69.6 Å². The molecule has 0 saturated carbocycles. The predicted octanol–water partition coefficient (Wildman–Crippen LogP) is 9.49. The van der Waals surface area contributed by atoms with Gasteiger partial charge in [-0.2, -0.15) is 0 Å². The van der Waals surface area contributed by atoms with E-state index in [1.807, 2.05) is 0 Å². The molecule has 0 unspecified atom stereocenters. The summed E-state index contributed by atoms with van der Waals surface area (Å²) in [7, 11) is 3.62. The summed E-state index contributed by atoms with van der Waals surface area (Å²) in [6.45, 7) is 26.4. The molecule has 0 atom stereocenters. The standard InChI is InChI=1S/C55H58O22/c1-47(2)62-21-20-22-31(65-48(3,4)63-22)26(30(21)64-47)55(27-38-32(66-49(5,6)72-38)23(44(56)59-17)33-39(27)73-50(7,8)67-33,28-40-34(68-51(9,10)74-40)24(45(57)60-18)35-41(28)75-52(11,12)69-35)29-42-36(70-53(13,14)76-42)25(46(58)61-19)37-43(29)77-54(15,16)71-37/h20H,1-19H3. The van der Waals surface area contributed by atoms with Crippen LogP contribution in [-0.2, 0) is 19.6 Å². The average Bonchev–Trinajstić information content (AvgIpc) is 4.38. The van der Waals surface area contributed by atoms with Gasteiger partial charge in [-0.05, 0) is 0 Å². The second kappa shape index (κ2) is 14.8. The number of ether oxygens (including phenoxy) is 19. The summed E-state index contributed by atoms with van der Waals surface area (Å²) in [4.78, 5) is 43.6. The van der Waals surface area contributed by atoms with Gasteiger partial charge in [0.2, 0.25) is 46.3 Å². The Balaban J connectivity index is 1.47. The van der Waals surface area contributed by atoms with E-state index in [9.17, 15) is 14.4 Å². The predicted molar refractivity (Wildman–Crippen MR) is 261 cm³/mol. The molecule has 0 saturated heterocycles. The largest absolute Gasteiger partial charge is 0.465 e. The van der Waals surface area contributed by atoms with Crippen molar-refractivity contribution in [3.05, 3.63) is 45.0 Å². The average molecular weight is 1070 g/mol. The Morgan fingerprint density at radius 1 is 0.286 bits per heavy atom. The van der Waals surface area contributed by atoms with Gasteiger partial charge in [-0.3, -0.25) is 0 Å². The lowest BCUT2D eigenvalue weighted by molar-refractivity contribution is -0.0497. The van der Waals surface area contributed by atoms with Gasteiger partial charge < -0.3 is 90.0 Å². The third-order valence-corrected chi connectivity index (χ3v) is 13.4. The molecule has 8 aliphatic rings. The molecule has 12 rings (SSSR count). The molecular weight excluding hydrogens is 1010 g/mol. The number of hydrogen-bond acceptors (Lipinski definition) is 22. The number of methoxy groups -OCH3 is 3. The van der Waals surface area contributed by atoms with Crippen molar-refractivity contribution in [1.82, 2.24) is 0 Å². The lowest BCUT2D eigenvalue weighted by atomic mass is 9.61. The van der Waals surface area contributed by atoms with Crippen LogP contribution in [0.25, 0.3) is 0 Å². The lowest BCUT2D eigenvalue weighted by Gasteiger charge is -2.40. The van der Waals surface area contributed by atoms with Gasteiger partial charge in [0, 0.05) is 117 Å². The number of benzene rings is 4. The highest BCUT2D eigenvalue weighted by molar-refractivity contribution is 6.04. The van der Waals surface area contributed by atoms with Gasteiger partial charge in [-0.25, -0.2) is 14.4 Å². The van der Waals surface area contributed by atoms with Gasteiger partial charge in [0.25, 0.3) is 0 Å². The molecule has 0 amide bonds. The van der Waals surface area contributed by atoms with Gasteiger partial charge in [0.15, 0.2) is 109 Å². The second-order valence-electron chi connectivity index (χ2n) is 23.2. The number of hydrogen-bond donors (Lipinski definition) is 0. The maximum Gasteiger partial charge on any atom is 0.345 e. The summed E-state index contributed by atoms with van der Waals surface area (Å²) in [5.74, 6) is -16.8. The molecule has 0 fully saturated rings. The quantitative estimate of drug-likeness (QED) is 0.0953. The van der Waals surface area contributed by atoms with Crippen molar-refractivity contribution in [2.24, 2.45) is 0 Å². The monoisotopic (exact) mass is 1070 g/mol. The molecule has 410 valence electrons. The number of carbonyl (C=O) groups excluding carboxylic acids is 3. The van der Waals surface area contributed by atoms with Crippen molar-refractivity contribution in [2.75, 3.05) is 21.3 Å². The molecule has 8 aliphatic heterocycles. The van der Waals surface area contributed by atoms with Gasteiger partial charge in [0.1, 0.15) is 5.41 Å². The van der Waals surface area contributed by atoms with E-state index in [0.29, 0.717) is 0 Å². The van der Waals surface area contributed by atoms with Crippen LogP contribution in [0.5, 0.6) is 92.0 Å². The van der Waals surface area contributed by atoms with Crippen LogP contribution in [0, 0.1) is 0 Å². The molecule has 8 heterocycles. The first kappa shape index (κ1) is 49.9. The highest BCUT2D eigenvalue weighted by atomic mass is 16.8. The summed E-state index contributed by atoms with van der Waals surface area (Å²) in [6.07, 6.45) is 0. The molecule has 22 heteroatoms. The highest BCUT2D eigenvalue weighted by Crippen LogP contribution is 2.76. The van der Waals surface area contributed by atoms with Crippen LogP contribution in [0.4, 0.5) is 0 Å². The minimum Gasteiger partial charge on any atom is -0.465 e. The maximum atomic E-state index is 14.5. The number of fused-ring (bicyclic) bond motifs is 8. The molecule has 77 heavy (non-hydrogen) atoms. The Labute approximate surface area is 442 Å². The molecule has 0 radical (unpaired) electrons. The van der Waals surface area contributed by atoms with Crippen molar-refractivity contribution >= 4 is 17.9 Å². The minimum absolute atomic E-state index is 0.00615. The molecule has 4 aromatic rings. The number of esters is 3. The molecule has 0 spiro atoms. The molecule has 0 aromatic heterocycles. The SMILES string of the molecule is COC(=O)c1c2c(c(C(c3c4c(cc5c3OC(C)(C)O5)OC(C)(C)O4)(c3c4c(c(C(=O)OC)c5c3OC(C)(C)O5)OC(C)(C)O4)c3c4c(c(C(=O)OC)c5c3OC(C)(C)O5)OC(C)(C)O4)c3c1OC(C)(C)O3)OC(C)(C)O2. The van der Waals surface area contributed by atoms with Crippen molar-refractivity contribution in [2.45, 2.75) is 162 Å². The van der Waals surface area contributed by atoms with Crippen molar-refractivity contribution < 1.29 is 104 Å². The van der Waals surface area contributed by atoms with Crippen LogP contribution in [0.3, 0.4) is 0 Å². The highest BCUT2D eigenvalue weighted by Gasteiger charge is 2.67. The van der Waals surface area contributed by atoms with E-state index in [2.05, 4.69) is 0 Å². The van der Waals surface area contributed by atoms with Crippen LogP contribution in [0.1, 0.15) is 164 Å². The lowest BCUT2D eigenvalue weighted by Crippen LogP contribution is -2.38. The summed E-state index contributed by atoms with van der Waals surface area (Å²) < 4.78 is 127. The third-order valence-electron chi connectivity index (χ3n) is 13.4. The first-order valence-corrected chi connectivity index (χ1v) is 24.8. The van der Waals surface area contributed by atoms with Crippen molar-refractivity contribution in [3.63, 3.8) is 0 Å². The van der Waals surface area contributed by atoms with Crippen LogP contribution in [0.2, 0.25) is 0 Å². The van der Waals surface area contributed by atoms with E-state index >= 15 is 0 Å². The summed E-state index contributed by atoms with van der Waals surface area (Å²) in [6, 6.07) is 1.63. The van der Waals surface area contributed by atoms with Gasteiger partial charge in [-0.15, -0.1) is 0 Å². The van der Waals surface area contributed by atoms with Crippen LogP contribution in [0.15, 0.2) is 6.07 Å². The van der Waals surface area contributed by atoms with E-state index in [1.165, 1.54) is 21.3 Å². The zero-order valence-corrected chi connectivity index (χ0v) is 46.1. The van der Waals surface area contributed by atoms with E-state index in [4.69, 9.17) is 90.0 Å². The molecule has 4 aromatic carbocycles. The first-order valence-electron chi connectivity index (χ1n) is 24.8. The van der Waals surface area contributed by atoms with Crippen LogP contribution < -0.4 is 75.8 Å². The van der Waals surface area contributed by atoms with E-state index in [-0.39, 0.29) is 131 Å². The fourth-order valence-electron chi connectivity index (χ4n) is 11.2. The van der Waals surface area contributed by atoms with Crippen LogP contribution >= 0.6 is 0 Å². The Morgan fingerprint density at radius 2 is 0.455 bits per heavy atom. The van der Waals surface area contributed by atoms with Crippen LogP contribution in [-0.4, -0.2) is 85.5 Å². The Kier molecular flexibility index (Phi) is 9.57. The summed E-state index contributed by atoms with van der Waals surface area (Å²) >= 11 is 0. The number of carbonyl (C=O) groups is 3. The maximum absolute atomic E-state index is 14.5. The Hall–Kier alpha value is -7.91. The minimum atomic E-state index is -2.56. The Morgan fingerprint density at radius 3 is 0.662 bits per heavy atom. The first-order chi connectivity index (χ1) is 35.6. The molecule has 0 bridgehead atoms. The fourth-order valence-corrected chi connectivity index (χ4v) is 11.2. The summed E-state index contributed by atoms with van der Waals surface area (Å²) in [5, 5.41) is 0. The molecule has 0 aliphatic carbocycles. The summed E-state index contributed by atoms with van der Waals surface area (Å²) in [5.41, 5.74) is -3.42. The normalized spacial score (nSPS) is 21.2. The molecular formula is C55H58O22. The molecule has 22 nitrogen and oxygen atoms in total.